The molecule has 112 valence electrons. The van der Waals surface area contributed by atoms with Crippen molar-refractivity contribution in [3.8, 4) is 0 Å². The van der Waals surface area contributed by atoms with Gasteiger partial charge in [-0.15, -0.1) is 0 Å². The summed E-state index contributed by atoms with van der Waals surface area (Å²) >= 11 is 5.88. The van der Waals surface area contributed by atoms with Crippen LogP contribution in [0.15, 0.2) is 47.4 Å². The van der Waals surface area contributed by atoms with Gasteiger partial charge in [-0.3, -0.25) is 0 Å². The average molecular weight is 332 g/mol. The lowest BCUT2D eigenvalue weighted by Crippen LogP contribution is -2.27. The normalized spacial score (nSPS) is 11.9. The minimum absolute atomic E-state index is 0.0705. The molecule has 0 radical (unpaired) electrons. The SMILES string of the molecule is CN(Cc1c(F)cccc1Cl)S(=O)(=O)c1ccc(F)cc1. The van der Waals surface area contributed by atoms with E-state index in [1.807, 2.05) is 0 Å². The molecule has 0 saturated heterocycles. The lowest BCUT2D eigenvalue weighted by atomic mass is 10.2. The van der Waals surface area contributed by atoms with Crippen LogP contribution < -0.4 is 0 Å². The first-order valence-corrected chi connectivity index (χ1v) is 7.79. The van der Waals surface area contributed by atoms with Crippen LogP contribution in [-0.4, -0.2) is 19.8 Å². The van der Waals surface area contributed by atoms with Crippen molar-refractivity contribution >= 4 is 21.6 Å². The van der Waals surface area contributed by atoms with Crippen molar-refractivity contribution in [1.82, 2.24) is 4.31 Å². The van der Waals surface area contributed by atoms with Crippen LogP contribution in [0.1, 0.15) is 5.56 Å². The maximum atomic E-state index is 13.7. The molecule has 0 N–H and O–H groups in total. The standard InChI is InChI=1S/C14H12ClF2NO2S/c1-18(9-12-13(15)3-2-4-14(12)17)21(19,20)11-7-5-10(16)6-8-11/h2-8H,9H2,1H3. The van der Waals surface area contributed by atoms with Crippen molar-refractivity contribution in [2.75, 3.05) is 7.05 Å². The molecule has 3 nitrogen and oxygen atoms in total. The molecule has 0 aliphatic carbocycles. The summed E-state index contributed by atoms with van der Waals surface area (Å²) in [6.07, 6.45) is 0. The average Bonchev–Trinajstić information content (AvgIpc) is 2.43. The van der Waals surface area contributed by atoms with Crippen LogP contribution in [0.25, 0.3) is 0 Å². The van der Waals surface area contributed by atoms with Crippen LogP contribution in [0, 0.1) is 11.6 Å². The van der Waals surface area contributed by atoms with Crippen LogP contribution in [-0.2, 0) is 16.6 Å². The molecule has 0 saturated carbocycles. The quantitative estimate of drug-likeness (QED) is 0.860. The maximum Gasteiger partial charge on any atom is 0.243 e. The van der Waals surface area contributed by atoms with Gasteiger partial charge in [0, 0.05) is 24.2 Å². The van der Waals surface area contributed by atoms with Crippen LogP contribution in [0.3, 0.4) is 0 Å². The highest BCUT2D eigenvalue weighted by atomic mass is 35.5. The topological polar surface area (TPSA) is 37.4 Å². The summed E-state index contributed by atoms with van der Waals surface area (Å²) in [5.74, 6) is -1.11. The van der Waals surface area contributed by atoms with E-state index in [-0.39, 0.29) is 22.0 Å². The molecule has 0 aromatic heterocycles. The molecule has 0 bridgehead atoms. The van der Waals surface area contributed by atoms with Gasteiger partial charge in [-0.05, 0) is 36.4 Å². The Hall–Kier alpha value is -1.50. The van der Waals surface area contributed by atoms with E-state index in [1.54, 1.807) is 0 Å². The number of sulfonamides is 1. The fraction of sp³-hybridized carbons (Fsp3) is 0.143. The Kier molecular flexibility index (Phi) is 4.61. The third-order valence-electron chi connectivity index (χ3n) is 2.96. The van der Waals surface area contributed by atoms with Crippen molar-refractivity contribution in [2.24, 2.45) is 0 Å². The summed E-state index contributed by atoms with van der Waals surface area (Å²) in [6.45, 7) is -0.217. The van der Waals surface area contributed by atoms with Crippen molar-refractivity contribution < 1.29 is 17.2 Å². The van der Waals surface area contributed by atoms with E-state index in [1.165, 1.54) is 25.2 Å². The fourth-order valence-corrected chi connectivity index (χ4v) is 3.14. The number of hydrogen-bond donors (Lipinski definition) is 0. The molecule has 0 aliphatic rings. The minimum Gasteiger partial charge on any atom is -0.207 e. The van der Waals surface area contributed by atoms with E-state index >= 15 is 0 Å². The predicted molar refractivity (Wildman–Crippen MR) is 76.5 cm³/mol. The molecule has 2 aromatic carbocycles. The van der Waals surface area contributed by atoms with Gasteiger partial charge < -0.3 is 0 Å². The van der Waals surface area contributed by atoms with Crippen molar-refractivity contribution in [3.63, 3.8) is 0 Å². The minimum atomic E-state index is -3.85. The number of halogens is 3. The molecule has 21 heavy (non-hydrogen) atoms. The number of benzene rings is 2. The summed E-state index contributed by atoms with van der Waals surface area (Å²) in [4.78, 5) is -0.0705. The number of nitrogens with zero attached hydrogens (tertiary/aromatic N) is 1. The van der Waals surface area contributed by atoms with Crippen LogP contribution in [0.4, 0.5) is 8.78 Å². The van der Waals surface area contributed by atoms with E-state index < -0.39 is 21.7 Å². The van der Waals surface area contributed by atoms with Gasteiger partial charge in [0.1, 0.15) is 11.6 Å². The number of hydrogen-bond acceptors (Lipinski definition) is 2. The third-order valence-corrected chi connectivity index (χ3v) is 5.14. The summed E-state index contributed by atoms with van der Waals surface area (Å²) in [6, 6.07) is 8.55. The summed E-state index contributed by atoms with van der Waals surface area (Å²) < 4.78 is 52.1. The van der Waals surface area contributed by atoms with E-state index in [4.69, 9.17) is 11.6 Å². The smallest absolute Gasteiger partial charge is 0.207 e. The van der Waals surface area contributed by atoms with Gasteiger partial charge in [0.2, 0.25) is 10.0 Å². The lowest BCUT2D eigenvalue weighted by molar-refractivity contribution is 0.456. The van der Waals surface area contributed by atoms with Gasteiger partial charge in [-0.2, -0.15) is 4.31 Å². The Balaban J connectivity index is 2.31. The zero-order valence-corrected chi connectivity index (χ0v) is 12.6. The lowest BCUT2D eigenvalue weighted by Gasteiger charge is -2.18. The molecule has 0 unspecified atom stereocenters. The molecule has 0 atom stereocenters. The molecule has 0 fully saturated rings. The summed E-state index contributed by atoms with van der Waals surface area (Å²) in [5.41, 5.74) is 0.0901. The van der Waals surface area contributed by atoms with Gasteiger partial charge >= 0.3 is 0 Å². The predicted octanol–water partition coefficient (Wildman–Crippen LogP) is 3.44. The zero-order chi connectivity index (χ0) is 15.6. The Morgan fingerprint density at radius 3 is 2.29 bits per heavy atom. The molecule has 0 heterocycles. The Labute approximate surface area is 126 Å². The molecule has 2 rings (SSSR count). The van der Waals surface area contributed by atoms with Gasteiger partial charge in [-0.1, -0.05) is 17.7 Å². The first-order valence-electron chi connectivity index (χ1n) is 5.97. The highest BCUT2D eigenvalue weighted by Crippen LogP contribution is 2.23. The first-order chi connectivity index (χ1) is 9.82. The van der Waals surface area contributed by atoms with Crippen LogP contribution >= 0.6 is 11.6 Å². The third kappa shape index (κ3) is 3.40. The number of rotatable bonds is 4. The van der Waals surface area contributed by atoms with Crippen molar-refractivity contribution in [1.29, 1.82) is 0 Å². The van der Waals surface area contributed by atoms with E-state index in [9.17, 15) is 17.2 Å². The molecular weight excluding hydrogens is 320 g/mol. The Bertz CT molecular complexity index is 728. The van der Waals surface area contributed by atoms with E-state index in [0.29, 0.717) is 0 Å². The van der Waals surface area contributed by atoms with Gasteiger partial charge in [-0.25, -0.2) is 17.2 Å². The molecule has 2 aromatic rings. The second-order valence-corrected chi connectivity index (χ2v) is 6.87. The fourth-order valence-electron chi connectivity index (χ4n) is 1.78. The van der Waals surface area contributed by atoms with Gasteiger partial charge in [0.05, 0.1) is 4.90 Å². The maximum absolute atomic E-state index is 13.7. The van der Waals surface area contributed by atoms with E-state index in [2.05, 4.69) is 0 Å². The summed E-state index contributed by atoms with van der Waals surface area (Å²) in [7, 11) is -2.54. The highest BCUT2D eigenvalue weighted by molar-refractivity contribution is 7.89. The molecule has 0 spiro atoms. The van der Waals surface area contributed by atoms with Gasteiger partial charge in [0.25, 0.3) is 0 Å². The second kappa shape index (κ2) is 6.09. The molecular formula is C14H12ClF2NO2S. The molecule has 7 heteroatoms. The Morgan fingerprint density at radius 1 is 1.10 bits per heavy atom. The Morgan fingerprint density at radius 2 is 1.71 bits per heavy atom. The van der Waals surface area contributed by atoms with Crippen molar-refractivity contribution in [2.45, 2.75) is 11.4 Å². The first kappa shape index (κ1) is 15.9. The van der Waals surface area contributed by atoms with E-state index in [0.717, 1.165) is 28.6 Å². The van der Waals surface area contributed by atoms with Gasteiger partial charge in [0.15, 0.2) is 0 Å². The second-order valence-electron chi connectivity index (χ2n) is 4.42. The molecule has 0 amide bonds. The molecule has 0 aliphatic heterocycles. The van der Waals surface area contributed by atoms with Crippen molar-refractivity contribution in [3.05, 3.63) is 64.7 Å². The largest absolute Gasteiger partial charge is 0.243 e. The summed E-state index contributed by atoms with van der Waals surface area (Å²) in [5, 5.41) is 0.149. The van der Waals surface area contributed by atoms with Crippen LogP contribution in [0.2, 0.25) is 5.02 Å². The highest BCUT2D eigenvalue weighted by Gasteiger charge is 2.22. The zero-order valence-electron chi connectivity index (χ0n) is 11.1. The monoisotopic (exact) mass is 331 g/mol. The van der Waals surface area contributed by atoms with Crippen LogP contribution in [0.5, 0.6) is 0 Å².